The van der Waals surface area contributed by atoms with E-state index in [-0.39, 0.29) is 0 Å². The van der Waals surface area contributed by atoms with Gasteiger partial charge in [-0.1, -0.05) is 0 Å². The highest BCUT2D eigenvalue weighted by Crippen LogP contribution is 2.03. The average molecular weight is 123 g/mol. The number of nitriles is 1. The van der Waals surface area contributed by atoms with Crippen molar-refractivity contribution in [1.82, 2.24) is 5.01 Å². The standard InChI is InChI=1S/C6H9N3/c1-6-2-4-9(8-6)5-3-7/h2,4-5H2,1H3. The highest BCUT2D eigenvalue weighted by molar-refractivity contribution is 5.82. The molecule has 0 bridgehead atoms. The minimum atomic E-state index is 0.428. The van der Waals surface area contributed by atoms with Gasteiger partial charge in [0.25, 0.3) is 0 Å². The van der Waals surface area contributed by atoms with Gasteiger partial charge in [-0.25, -0.2) is 0 Å². The Balaban J connectivity index is 2.40. The smallest absolute Gasteiger partial charge is 0.123 e. The molecule has 0 amide bonds. The van der Waals surface area contributed by atoms with Gasteiger partial charge in [0.05, 0.1) is 6.07 Å². The van der Waals surface area contributed by atoms with Gasteiger partial charge in [0.15, 0.2) is 0 Å². The first-order valence-corrected chi connectivity index (χ1v) is 2.99. The van der Waals surface area contributed by atoms with E-state index in [0.717, 1.165) is 18.7 Å². The Morgan fingerprint density at radius 1 is 1.89 bits per heavy atom. The maximum absolute atomic E-state index is 8.25. The predicted molar refractivity (Wildman–Crippen MR) is 34.9 cm³/mol. The summed E-state index contributed by atoms with van der Waals surface area (Å²) in [7, 11) is 0. The SMILES string of the molecule is CC1=NN(CC#N)CC1. The zero-order valence-corrected chi connectivity index (χ0v) is 5.46. The molecule has 3 nitrogen and oxygen atoms in total. The fourth-order valence-electron chi connectivity index (χ4n) is 0.828. The van der Waals surface area contributed by atoms with Gasteiger partial charge in [-0.15, -0.1) is 0 Å². The lowest BCUT2D eigenvalue weighted by Gasteiger charge is -2.05. The molecule has 0 unspecified atom stereocenters. The monoisotopic (exact) mass is 123 g/mol. The summed E-state index contributed by atoms with van der Waals surface area (Å²) in [5.41, 5.74) is 1.13. The molecule has 0 saturated heterocycles. The van der Waals surface area contributed by atoms with Crippen LogP contribution in [0.5, 0.6) is 0 Å². The molecule has 1 rings (SSSR count). The molecule has 0 aromatic rings. The summed E-state index contributed by atoms with van der Waals surface area (Å²) >= 11 is 0. The number of hydrazone groups is 1. The van der Waals surface area contributed by atoms with Crippen LogP contribution in [0, 0.1) is 11.3 Å². The number of hydrogen-bond acceptors (Lipinski definition) is 3. The molecule has 0 radical (unpaired) electrons. The number of hydrogen-bond donors (Lipinski definition) is 0. The molecule has 3 heteroatoms. The lowest BCUT2D eigenvalue weighted by Crippen LogP contribution is -2.13. The van der Waals surface area contributed by atoms with Crippen molar-refractivity contribution in [2.24, 2.45) is 5.10 Å². The maximum Gasteiger partial charge on any atom is 0.123 e. The van der Waals surface area contributed by atoms with Crippen LogP contribution >= 0.6 is 0 Å². The summed E-state index contributed by atoms with van der Waals surface area (Å²) in [6, 6.07) is 2.05. The van der Waals surface area contributed by atoms with Gasteiger partial charge in [0, 0.05) is 18.7 Å². The third kappa shape index (κ3) is 1.43. The van der Waals surface area contributed by atoms with Gasteiger partial charge >= 0.3 is 0 Å². The fraction of sp³-hybridized carbons (Fsp3) is 0.667. The molecular formula is C6H9N3. The Kier molecular flexibility index (Phi) is 1.69. The molecule has 48 valence electrons. The fourth-order valence-corrected chi connectivity index (χ4v) is 0.828. The van der Waals surface area contributed by atoms with Gasteiger partial charge in [-0.05, 0) is 6.92 Å². The number of nitrogens with zero attached hydrogens (tertiary/aromatic N) is 3. The van der Waals surface area contributed by atoms with E-state index in [1.165, 1.54) is 0 Å². The second-order valence-electron chi connectivity index (χ2n) is 2.13. The molecule has 0 aromatic carbocycles. The minimum absolute atomic E-state index is 0.428. The predicted octanol–water partition coefficient (Wildman–Crippen LogP) is 0.592. The normalized spacial score (nSPS) is 17.3. The van der Waals surface area contributed by atoms with Crippen molar-refractivity contribution in [3.63, 3.8) is 0 Å². The average Bonchev–Trinajstić information content (AvgIpc) is 2.17. The Labute approximate surface area is 54.6 Å². The van der Waals surface area contributed by atoms with Crippen LogP contribution in [0.15, 0.2) is 5.10 Å². The quantitative estimate of drug-likeness (QED) is 0.479. The third-order valence-electron chi connectivity index (χ3n) is 1.30. The summed E-state index contributed by atoms with van der Waals surface area (Å²) < 4.78 is 0. The Bertz CT molecular complexity index is 166. The van der Waals surface area contributed by atoms with Crippen molar-refractivity contribution in [2.75, 3.05) is 13.1 Å². The van der Waals surface area contributed by atoms with Crippen LogP contribution in [0.3, 0.4) is 0 Å². The van der Waals surface area contributed by atoms with Gasteiger partial charge in [0.1, 0.15) is 6.54 Å². The van der Waals surface area contributed by atoms with E-state index >= 15 is 0 Å². The van der Waals surface area contributed by atoms with Crippen molar-refractivity contribution >= 4 is 5.71 Å². The van der Waals surface area contributed by atoms with Crippen LogP contribution < -0.4 is 0 Å². The molecule has 0 spiro atoms. The summed E-state index contributed by atoms with van der Waals surface area (Å²) in [5, 5.41) is 14.1. The lowest BCUT2D eigenvalue weighted by atomic mass is 10.3. The first-order chi connectivity index (χ1) is 4.33. The van der Waals surface area contributed by atoms with Gasteiger partial charge in [-0.3, -0.25) is 5.01 Å². The van der Waals surface area contributed by atoms with Gasteiger partial charge < -0.3 is 0 Å². The molecule has 9 heavy (non-hydrogen) atoms. The maximum atomic E-state index is 8.25. The molecule has 0 saturated carbocycles. The van der Waals surface area contributed by atoms with E-state index in [9.17, 15) is 0 Å². The summed E-state index contributed by atoms with van der Waals surface area (Å²) in [4.78, 5) is 0. The molecule has 1 aliphatic heterocycles. The largest absolute Gasteiger partial charge is 0.283 e. The van der Waals surface area contributed by atoms with Crippen molar-refractivity contribution in [2.45, 2.75) is 13.3 Å². The zero-order valence-electron chi connectivity index (χ0n) is 5.46. The third-order valence-corrected chi connectivity index (χ3v) is 1.30. The van der Waals surface area contributed by atoms with E-state index in [4.69, 9.17) is 5.26 Å². The van der Waals surface area contributed by atoms with E-state index in [2.05, 4.69) is 5.10 Å². The molecule has 0 aliphatic carbocycles. The summed E-state index contributed by atoms with van der Waals surface area (Å²) in [6.07, 6.45) is 1.02. The first kappa shape index (κ1) is 6.09. The highest BCUT2D eigenvalue weighted by atomic mass is 15.5. The van der Waals surface area contributed by atoms with Crippen LogP contribution in [-0.4, -0.2) is 23.8 Å². The topological polar surface area (TPSA) is 39.4 Å². The zero-order chi connectivity index (χ0) is 6.69. The summed E-state index contributed by atoms with van der Waals surface area (Å²) in [5.74, 6) is 0. The Morgan fingerprint density at radius 3 is 3.11 bits per heavy atom. The van der Waals surface area contributed by atoms with E-state index in [1.807, 2.05) is 13.0 Å². The highest BCUT2D eigenvalue weighted by Gasteiger charge is 2.08. The molecule has 0 aromatic heterocycles. The van der Waals surface area contributed by atoms with Crippen LogP contribution in [0.25, 0.3) is 0 Å². The van der Waals surface area contributed by atoms with Crippen molar-refractivity contribution in [3.05, 3.63) is 0 Å². The number of rotatable bonds is 1. The minimum Gasteiger partial charge on any atom is -0.283 e. The van der Waals surface area contributed by atoms with Crippen LogP contribution in [0.2, 0.25) is 0 Å². The van der Waals surface area contributed by atoms with Gasteiger partial charge in [0.2, 0.25) is 0 Å². The molecule has 0 fully saturated rings. The lowest BCUT2D eigenvalue weighted by molar-refractivity contribution is 0.358. The van der Waals surface area contributed by atoms with Crippen molar-refractivity contribution in [3.8, 4) is 6.07 Å². The van der Waals surface area contributed by atoms with E-state index in [1.54, 1.807) is 5.01 Å². The molecule has 0 N–H and O–H groups in total. The second-order valence-corrected chi connectivity index (χ2v) is 2.13. The molecule has 1 aliphatic rings. The van der Waals surface area contributed by atoms with Crippen LogP contribution in [0.4, 0.5) is 0 Å². The van der Waals surface area contributed by atoms with Crippen LogP contribution in [0.1, 0.15) is 13.3 Å². The second kappa shape index (κ2) is 2.49. The van der Waals surface area contributed by atoms with E-state index < -0.39 is 0 Å². The Morgan fingerprint density at radius 2 is 2.67 bits per heavy atom. The van der Waals surface area contributed by atoms with Crippen LogP contribution in [-0.2, 0) is 0 Å². The first-order valence-electron chi connectivity index (χ1n) is 2.99. The molecular weight excluding hydrogens is 114 g/mol. The molecule has 0 atom stereocenters. The van der Waals surface area contributed by atoms with Gasteiger partial charge in [-0.2, -0.15) is 10.4 Å². The van der Waals surface area contributed by atoms with Crippen molar-refractivity contribution < 1.29 is 0 Å². The van der Waals surface area contributed by atoms with E-state index in [0.29, 0.717) is 6.54 Å². The Hall–Kier alpha value is -1.04. The van der Waals surface area contributed by atoms with Crippen molar-refractivity contribution in [1.29, 1.82) is 5.26 Å². The molecule has 1 heterocycles. The summed E-state index contributed by atoms with van der Waals surface area (Å²) in [6.45, 7) is 3.33.